The first-order chi connectivity index (χ1) is 11.3. The second-order valence-electron chi connectivity index (χ2n) is 6.29. The lowest BCUT2D eigenvalue weighted by molar-refractivity contribution is -0.139. The minimum absolute atomic E-state index is 0.170. The van der Waals surface area contributed by atoms with Crippen LogP contribution in [-0.2, 0) is 9.59 Å². The van der Waals surface area contributed by atoms with Gasteiger partial charge < -0.3 is 16.0 Å². The Hall–Kier alpha value is -2.44. The number of likely N-dealkylation sites (tertiary alicyclic amines) is 1. The first-order valence-corrected chi connectivity index (χ1v) is 7.97. The van der Waals surface area contributed by atoms with Crippen LogP contribution >= 0.6 is 0 Å². The maximum Gasteiger partial charge on any atom is 0.251 e. The van der Waals surface area contributed by atoms with Gasteiger partial charge in [-0.1, -0.05) is 13.8 Å². The van der Waals surface area contributed by atoms with Gasteiger partial charge >= 0.3 is 0 Å². The Kier molecular flexibility index (Phi) is 5.54. The second kappa shape index (κ2) is 7.42. The number of benzene rings is 1. The van der Waals surface area contributed by atoms with Gasteiger partial charge in [0.15, 0.2) is 0 Å². The Morgan fingerprint density at radius 3 is 2.42 bits per heavy atom. The van der Waals surface area contributed by atoms with Crippen molar-refractivity contribution < 1.29 is 18.8 Å². The van der Waals surface area contributed by atoms with Crippen LogP contribution < -0.4 is 11.1 Å². The van der Waals surface area contributed by atoms with Crippen molar-refractivity contribution in [2.75, 3.05) is 6.54 Å². The summed E-state index contributed by atoms with van der Waals surface area (Å²) < 4.78 is 13.0. The first kappa shape index (κ1) is 17.9. The molecule has 2 atom stereocenters. The molecule has 2 rings (SSSR count). The Morgan fingerprint density at radius 2 is 1.88 bits per heavy atom. The van der Waals surface area contributed by atoms with Crippen LogP contribution in [0, 0.1) is 11.7 Å². The van der Waals surface area contributed by atoms with Crippen LogP contribution in [0.25, 0.3) is 0 Å². The molecule has 1 aromatic rings. The Bertz CT molecular complexity index is 630. The van der Waals surface area contributed by atoms with Crippen molar-refractivity contribution in [2.45, 2.75) is 38.8 Å². The molecule has 6 nitrogen and oxygen atoms in total. The average molecular weight is 335 g/mol. The summed E-state index contributed by atoms with van der Waals surface area (Å²) in [5.41, 5.74) is 5.62. The van der Waals surface area contributed by atoms with Crippen molar-refractivity contribution in [3.8, 4) is 0 Å². The van der Waals surface area contributed by atoms with E-state index in [-0.39, 0.29) is 17.4 Å². The number of rotatable bonds is 5. The van der Waals surface area contributed by atoms with E-state index >= 15 is 0 Å². The standard InChI is InChI=1S/C17H22FN3O3/c1-10(2)14(17(24)21-9-3-4-13(21)15(19)22)20-16(23)11-5-7-12(18)8-6-11/h5-8,10,13-14H,3-4,9H2,1-2H3,(H2,19,22)(H,20,23)/t13?,14-/m0/s1. The maximum absolute atomic E-state index is 13.0. The van der Waals surface area contributed by atoms with E-state index in [0.29, 0.717) is 19.4 Å². The number of carbonyl (C=O) groups is 3. The highest BCUT2D eigenvalue weighted by molar-refractivity contribution is 5.98. The molecule has 3 amide bonds. The molecular formula is C17H22FN3O3. The fraction of sp³-hybridized carbons (Fsp3) is 0.471. The number of nitrogens with one attached hydrogen (secondary N) is 1. The highest BCUT2D eigenvalue weighted by Crippen LogP contribution is 2.20. The van der Waals surface area contributed by atoms with Crippen molar-refractivity contribution in [1.82, 2.24) is 10.2 Å². The normalized spacial score (nSPS) is 18.5. The van der Waals surface area contributed by atoms with Crippen LogP contribution in [0.2, 0.25) is 0 Å². The molecule has 7 heteroatoms. The van der Waals surface area contributed by atoms with Crippen molar-refractivity contribution >= 4 is 17.7 Å². The summed E-state index contributed by atoms with van der Waals surface area (Å²) in [6, 6.07) is 3.68. The summed E-state index contributed by atoms with van der Waals surface area (Å²) in [5.74, 6) is -1.92. The van der Waals surface area contributed by atoms with Gasteiger partial charge in [-0.2, -0.15) is 0 Å². The van der Waals surface area contributed by atoms with Crippen LogP contribution in [0.15, 0.2) is 24.3 Å². The fourth-order valence-corrected chi connectivity index (χ4v) is 2.84. The van der Waals surface area contributed by atoms with Gasteiger partial charge in [-0.05, 0) is 43.0 Å². The number of halogens is 1. The molecule has 0 aliphatic carbocycles. The molecule has 1 heterocycles. The van der Waals surface area contributed by atoms with Crippen LogP contribution in [-0.4, -0.2) is 41.2 Å². The molecule has 1 unspecified atom stereocenters. The molecule has 0 bridgehead atoms. The van der Waals surface area contributed by atoms with Crippen LogP contribution in [0.5, 0.6) is 0 Å². The molecule has 1 aliphatic heterocycles. The van der Waals surface area contributed by atoms with Crippen LogP contribution in [0.3, 0.4) is 0 Å². The largest absolute Gasteiger partial charge is 0.368 e. The highest BCUT2D eigenvalue weighted by Gasteiger charge is 2.37. The molecular weight excluding hydrogens is 313 g/mol. The van der Waals surface area contributed by atoms with E-state index in [1.807, 2.05) is 13.8 Å². The van der Waals surface area contributed by atoms with E-state index in [9.17, 15) is 18.8 Å². The first-order valence-electron chi connectivity index (χ1n) is 7.97. The van der Waals surface area contributed by atoms with Gasteiger partial charge in [0.1, 0.15) is 17.9 Å². The summed E-state index contributed by atoms with van der Waals surface area (Å²) >= 11 is 0. The molecule has 0 saturated carbocycles. The summed E-state index contributed by atoms with van der Waals surface area (Å²) in [6.45, 7) is 4.06. The summed E-state index contributed by atoms with van der Waals surface area (Å²) in [7, 11) is 0. The third-order valence-corrected chi connectivity index (χ3v) is 4.19. The number of nitrogens with zero attached hydrogens (tertiary/aromatic N) is 1. The van der Waals surface area contributed by atoms with Crippen LogP contribution in [0.1, 0.15) is 37.0 Å². The predicted octanol–water partition coefficient (Wildman–Crippen LogP) is 1.06. The van der Waals surface area contributed by atoms with Crippen molar-refractivity contribution in [2.24, 2.45) is 11.7 Å². The maximum atomic E-state index is 13.0. The lowest BCUT2D eigenvalue weighted by Gasteiger charge is -2.29. The van der Waals surface area contributed by atoms with Crippen molar-refractivity contribution in [1.29, 1.82) is 0 Å². The minimum atomic E-state index is -0.775. The Labute approximate surface area is 140 Å². The fourth-order valence-electron chi connectivity index (χ4n) is 2.84. The zero-order valence-electron chi connectivity index (χ0n) is 13.8. The number of nitrogens with two attached hydrogens (primary N) is 1. The number of amides is 3. The quantitative estimate of drug-likeness (QED) is 0.842. The Balaban J connectivity index is 2.14. The molecule has 1 aliphatic rings. The minimum Gasteiger partial charge on any atom is -0.368 e. The van der Waals surface area contributed by atoms with E-state index < -0.39 is 29.7 Å². The third kappa shape index (κ3) is 3.90. The zero-order chi connectivity index (χ0) is 17.9. The topological polar surface area (TPSA) is 92.5 Å². The van der Waals surface area contributed by atoms with E-state index in [2.05, 4.69) is 5.32 Å². The molecule has 0 spiro atoms. The smallest absolute Gasteiger partial charge is 0.251 e. The van der Waals surface area contributed by atoms with Crippen molar-refractivity contribution in [3.63, 3.8) is 0 Å². The van der Waals surface area contributed by atoms with E-state index in [1.165, 1.54) is 29.2 Å². The number of primary amides is 1. The SMILES string of the molecule is CC(C)[C@H](NC(=O)c1ccc(F)cc1)C(=O)N1CCCC1C(N)=O. The van der Waals surface area contributed by atoms with Gasteiger partial charge in [-0.25, -0.2) is 4.39 Å². The average Bonchev–Trinajstić information content (AvgIpc) is 3.02. The van der Waals surface area contributed by atoms with Crippen LogP contribution in [0.4, 0.5) is 4.39 Å². The molecule has 0 aromatic heterocycles. The summed E-state index contributed by atoms with van der Waals surface area (Å²) in [4.78, 5) is 38.0. The number of hydrogen-bond donors (Lipinski definition) is 2. The molecule has 0 radical (unpaired) electrons. The van der Waals surface area contributed by atoms with Gasteiger partial charge in [0.2, 0.25) is 11.8 Å². The van der Waals surface area contributed by atoms with E-state index in [4.69, 9.17) is 5.73 Å². The Morgan fingerprint density at radius 1 is 1.25 bits per heavy atom. The number of carbonyl (C=O) groups excluding carboxylic acids is 3. The molecule has 130 valence electrons. The van der Waals surface area contributed by atoms with Gasteiger partial charge in [0, 0.05) is 12.1 Å². The predicted molar refractivity (Wildman–Crippen MR) is 86.4 cm³/mol. The second-order valence-corrected chi connectivity index (χ2v) is 6.29. The lowest BCUT2D eigenvalue weighted by atomic mass is 10.0. The third-order valence-electron chi connectivity index (χ3n) is 4.19. The molecule has 3 N–H and O–H groups in total. The molecule has 1 saturated heterocycles. The number of hydrogen-bond acceptors (Lipinski definition) is 3. The van der Waals surface area contributed by atoms with Gasteiger partial charge in [-0.3, -0.25) is 14.4 Å². The van der Waals surface area contributed by atoms with Crippen molar-refractivity contribution in [3.05, 3.63) is 35.6 Å². The van der Waals surface area contributed by atoms with E-state index in [1.54, 1.807) is 0 Å². The lowest BCUT2D eigenvalue weighted by Crippen LogP contribution is -2.54. The molecule has 1 fully saturated rings. The summed E-state index contributed by atoms with van der Waals surface area (Å²) in [6.07, 6.45) is 1.24. The highest BCUT2D eigenvalue weighted by atomic mass is 19.1. The van der Waals surface area contributed by atoms with Gasteiger partial charge in [-0.15, -0.1) is 0 Å². The molecule has 24 heavy (non-hydrogen) atoms. The molecule has 1 aromatic carbocycles. The van der Waals surface area contributed by atoms with Gasteiger partial charge in [0.25, 0.3) is 5.91 Å². The van der Waals surface area contributed by atoms with E-state index in [0.717, 1.165) is 0 Å². The summed E-state index contributed by atoms with van der Waals surface area (Å²) in [5, 5.41) is 2.68. The monoisotopic (exact) mass is 335 g/mol. The van der Waals surface area contributed by atoms with Gasteiger partial charge in [0.05, 0.1) is 0 Å². The zero-order valence-corrected chi connectivity index (χ0v) is 13.8.